The Labute approximate surface area is 180 Å². The first kappa shape index (κ1) is 20.0. The number of carbonyl (C=O) groups excluding carboxylic acids is 1. The molecule has 1 aliphatic rings. The second kappa shape index (κ2) is 8.20. The third kappa shape index (κ3) is 3.64. The molecule has 1 aliphatic heterocycles. The minimum atomic E-state index is -0.0952. The molecule has 0 aliphatic carbocycles. The second-order valence-corrected chi connectivity index (χ2v) is 7.42. The van der Waals surface area contributed by atoms with Gasteiger partial charge >= 0.3 is 0 Å². The van der Waals surface area contributed by atoms with Crippen molar-refractivity contribution in [3.8, 4) is 11.5 Å². The van der Waals surface area contributed by atoms with Crippen LogP contribution in [0.4, 0.5) is 0 Å². The van der Waals surface area contributed by atoms with E-state index in [0.29, 0.717) is 24.0 Å². The van der Waals surface area contributed by atoms with E-state index in [4.69, 9.17) is 21.7 Å². The molecule has 0 unspecified atom stereocenters. The van der Waals surface area contributed by atoms with Crippen molar-refractivity contribution in [2.24, 2.45) is 0 Å². The van der Waals surface area contributed by atoms with Crippen molar-refractivity contribution >= 4 is 40.2 Å². The van der Waals surface area contributed by atoms with Crippen LogP contribution < -0.4 is 9.47 Å². The molecule has 1 amide bonds. The first-order valence-electron chi connectivity index (χ1n) is 9.62. The molecule has 6 nitrogen and oxygen atoms in total. The Balaban J connectivity index is 1.57. The highest BCUT2D eigenvalue weighted by molar-refractivity contribution is 7.80. The molecule has 154 valence electrons. The number of nitrogens with zero attached hydrogens (tertiary/aromatic N) is 3. The predicted molar refractivity (Wildman–Crippen MR) is 122 cm³/mol. The van der Waals surface area contributed by atoms with E-state index in [1.54, 1.807) is 19.1 Å². The molecular formula is C23H23N3O3S. The number of ether oxygens (including phenoxy) is 2. The van der Waals surface area contributed by atoms with Gasteiger partial charge in [-0.25, -0.2) is 0 Å². The highest BCUT2D eigenvalue weighted by Crippen LogP contribution is 2.27. The molecule has 3 aromatic rings. The van der Waals surface area contributed by atoms with Crippen molar-refractivity contribution in [1.29, 1.82) is 0 Å². The normalized spacial score (nSPS) is 15.5. The number of methoxy groups -OCH3 is 1. The number of aromatic nitrogens is 1. The molecule has 30 heavy (non-hydrogen) atoms. The van der Waals surface area contributed by atoms with Crippen molar-refractivity contribution in [2.75, 3.05) is 27.8 Å². The van der Waals surface area contributed by atoms with Gasteiger partial charge in [0.05, 0.1) is 13.7 Å². The molecule has 2 aromatic carbocycles. The fourth-order valence-electron chi connectivity index (χ4n) is 3.55. The fraction of sp³-hybridized carbons (Fsp3) is 0.217. The minimum Gasteiger partial charge on any atom is -0.497 e. The van der Waals surface area contributed by atoms with E-state index in [2.05, 4.69) is 22.9 Å². The Bertz CT molecular complexity index is 1130. The number of hydrogen-bond acceptors (Lipinski definition) is 4. The maximum absolute atomic E-state index is 12.5. The summed E-state index contributed by atoms with van der Waals surface area (Å²) in [7, 11) is 5.15. The van der Waals surface area contributed by atoms with E-state index in [1.807, 2.05) is 49.5 Å². The Kier molecular flexibility index (Phi) is 5.46. The van der Waals surface area contributed by atoms with Gasteiger partial charge in [-0.3, -0.25) is 9.69 Å². The van der Waals surface area contributed by atoms with E-state index in [1.165, 1.54) is 4.90 Å². The molecule has 0 bridgehead atoms. The van der Waals surface area contributed by atoms with Crippen molar-refractivity contribution in [2.45, 2.75) is 6.54 Å². The van der Waals surface area contributed by atoms with E-state index in [0.717, 1.165) is 28.0 Å². The summed E-state index contributed by atoms with van der Waals surface area (Å²) in [6.45, 7) is 1.20. The number of hydrogen-bond donors (Lipinski definition) is 0. The van der Waals surface area contributed by atoms with Gasteiger partial charge in [-0.15, -0.1) is 0 Å². The van der Waals surface area contributed by atoms with Crippen LogP contribution in [0.5, 0.6) is 11.5 Å². The van der Waals surface area contributed by atoms with Crippen LogP contribution in [-0.2, 0) is 11.3 Å². The summed E-state index contributed by atoms with van der Waals surface area (Å²) in [5.74, 6) is 1.50. The van der Waals surface area contributed by atoms with Gasteiger partial charge < -0.3 is 18.9 Å². The van der Waals surface area contributed by atoms with Gasteiger partial charge in [0, 0.05) is 36.8 Å². The van der Waals surface area contributed by atoms with Crippen LogP contribution in [0.25, 0.3) is 17.0 Å². The molecule has 2 heterocycles. The molecule has 1 aromatic heterocycles. The summed E-state index contributed by atoms with van der Waals surface area (Å²) in [5, 5.41) is 1.58. The Hall–Kier alpha value is -3.32. The fourth-order valence-corrected chi connectivity index (χ4v) is 3.73. The summed E-state index contributed by atoms with van der Waals surface area (Å²) < 4.78 is 13.2. The zero-order valence-electron chi connectivity index (χ0n) is 17.2. The van der Waals surface area contributed by atoms with Crippen molar-refractivity contribution < 1.29 is 14.3 Å². The average molecular weight is 422 g/mol. The van der Waals surface area contributed by atoms with Gasteiger partial charge in [-0.05, 0) is 48.6 Å². The summed E-state index contributed by atoms with van der Waals surface area (Å²) in [5.41, 5.74) is 2.63. The van der Waals surface area contributed by atoms with Crippen LogP contribution in [0.3, 0.4) is 0 Å². The maximum Gasteiger partial charge on any atom is 0.276 e. The molecular weight excluding hydrogens is 398 g/mol. The number of thiocarbonyl (C=S) groups is 1. The van der Waals surface area contributed by atoms with E-state index < -0.39 is 0 Å². The van der Waals surface area contributed by atoms with E-state index >= 15 is 0 Å². The summed E-state index contributed by atoms with van der Waals surface area (Å²) >= 11 is 5.32. The monoisotopic (exact) mass is 421 g/mol. The molecule has 0 N–H and O–H groups in total. The third-order valence-corrected chi connectivity index (χ3v) is 5.78. The van der Waals surface area contributed by atoms with Crippen LogP contribution in [-0.4, -0.2) is 53.2 Å². The van der Waals surface area contributed by atoms with Gasteiger partial charge in [-0.1, -0.05) is 18.2 Å². The van der Waals surface area contributed by atoms with Gasteiger partial charge in [0.1, 0.15) is 23.8 Å². The number of benzene rings is 2. The van der Waals surface area contributed by atoms with Gasteiger partial charge in [0.25, 0.3) is 5.91 Å². The zero-order chi connectivity index (χ0) is 21.3. The van der Waals surface area contributed by atoms with Crippen LogP contribution >= 0.6 is 12.2 Å². The Morgan fingerprint density at radius 2 is 1.70 bits per heavy atom. The maximum atomic E-state index is 12.5. The van der Waals surface area contributed by atoms with Crippen molar-refractivity contribution in [3.05, 3.63) is 66.0 Å². The van der Waals surface area contributed by atoms with Crippen LogP contribution in [0.2, 0.25) is 0 Å². The van der Waals surface area contributed by atoms with Crippen molar-refractivity contribution in [3.63, 3.8) is 0 Å². The van der Waals surface area contributed by atoms with Gasteiger partial charge in [0.15, 0.2) is 5.11 Å². The number of rotatable bonds is 6. The standard InChI is InChI=1S/C23H23N3O3S/c1-24-21(22(27)25(2)23(24)30)14-16-15-26(20-7-5-4-6-19(16)20)12-13-29-18-10-8-17(28-3)9-11-18/h4-11,14-15H,12-13H2,1-3H3/b21-14-. The summed E-state index contributed by atoms with van der Waals surface area (Å²) in [6, 6.07) is 15.7. The number of carbonyl (C=O) groups is 1. The SMILES string of the molecule is COc1ccc(OCCn2cc(/C=C3/C(=O)N(C)C(=S)N3C)c3ccccc32)cc1. The first-order chi connectivity index (χ1) is 14.5. The lowest BCUT2D eigenvalue weighted by Gasteiger charge is -2.10. The number of likely N-dealkylation sites (N-methyl/N-ethyl adjacent to an activating group) is 2. The van der Waals surface area contributed by atoms with Crippen LogP contribution in [0.15, 0.2) is 60.4 Å². The van der Waals surface area contributed by atoms with Crippen LogP contribution in [0, 0.1) is 0 Å². The molecule has 0 radical (unpaired) electrons. The lowest BCUT2D eigenvalue weighted by Crippen LogP contribution is -2.26. The number of para-hydroxylation sites is 1. The average Bonchev–Trinajstić information content (AvgIpc) is 3.21. The minimum absolute atomic E-state index is 0.0952. The Morgan fingerprint density at radius 1 is 1.00 bits per heavy atom. The number of amides is 1. The second-order valence-electron chi connectivity index (χ2n) is 7.05. The highest BCUT2D eigenvalue weighted by atomic mass is 32.1. The molecule has 7 heteroatoms. The van der Waals surface area contributed by atoms with E-state index in [-0.39, 0.29) is 5.91 Å². The highest BCUT2D eigenvalue weighted by Gasteiger charge is 2.32. The summed E-state index contributed by atoms with van der Waals surface area (Å²) in [6.07, 6.45) is 3.96. The van der Waals surface area contributed by atoms with Crippen LogP contribution in [0.1, 0.15) is 5.56 Å². The lowest BCUT2D eigenvalue weighted by molar-refractivity contribution is -0.121. The van der Waals surface area contributed by atoms with E-state index in [9.17, 15) is 4.79 Å². The molecule has 0 saturated carbocycles. The molecule has 4 rings (SSSR count). The smallest absolute Gasteiger partial charge is 0.276 e. The first-order valence-corrected chi connectivity index (χ1v) is 10.0. The van der Waals surface area contributed by atoms with Gasteiger partial charge in [0.2, 0.25) is 0 Å². The third-order valence-electron chi connectivity index (χ3n) is 5.23. The molecule has 1 fully saturated rings. The molecule has 0 atom stereocenters. The summed E-state index contributed by atoms with van der Waals surface area (Å²) in [4.78, 5) is 15.8. The zero-order valence-corrected chi connectivity index (χ0v) is 18.0. The molecule has 0 spiro atoms. The molecule has 1 saturated heterocycles. The van der Waals surface area contributed by atoms with Crippen molar-refractivity contribution in [1.82, 2.24) is 14.4 Å². The largest absolute Gasteiger partial charge is 0.497 e. The topological polar surface area (TPSA) is 46.9 Å². The predicted octanol–water partition coefficient (Wildman–Crippen LogP) is 3.76. The van der Waals surface area contributed by atoms with Gasteiger partial charge in [-0.2, -0.15) is 0 Å². The lowest BCUT2D eigenvalue weighted by atomic mass is 10.1. The Morgan fingerprint density at radius 3 is 2.37 bits per heavy atom. The number of fused-ring (bicyclic) bond motifs is 1. The quantitative estimate of drug-likeness (QED) is 0.448.